The summed E-state index contributed by atoms with van der Waals surface area (Å²) in [6, 6.07) is 7.09. The molecule has 0 bridgehead atoms. The summed E-state index contributed by atoms with van der Waals surface area (Å²) in [5, 5.41) is 6.21. The molecule has 1 aliphatic rings. The molecule has 0 unspecified atom stereocenters. The number of rotatable bonds is 5. The summed E-state index contributed by atoms with van der Waals surface area (Å²) in [6.07, 6.45) is 9.16. The number of nitrogens with one attached hydrogen (secondary N) is 2. The standard InChI is InChI=1S/C22H28N4O2/c1-21(2)10-18(26-20(28)17-7-5-9-24-13-17)11-22(3,14-21)15-25-19(27)16-6-4-8-23-12-16/h4-9,12-13,18H,10-11,14-15H2,1-3H3,(H,25,27)(H,26,28)/t18-,22-/m0/s1. The monoisotopic (exact) mass is 380 g/mol. The molecule has 28 heavy (non-hydrogen) atoms. The second-order valence-corrected chi connectivity index (χ2v) is 8.90. The van der Waals surface area contributed by atoms with Crippen molar-refractivity contribution < 1.29 is 9.59 Å². The van der Waals surface area contributed by atoms with Crippen molar-refractivity contribution in [3.8, 4) is 0 Å². The van der Waals surface area contributed by atoms with Crippen molar-refractivity contribution in [2.45, 2.75) is 46.1 Å². The molecule has 148 valence electrons. The van der Waals surface area contributed by atoms with E-state index in [0.717, 1.165) is 19.3 Å². The van der Waals surface area contributed by atoms with Crippen LogP contribution in [0.15, 0.2) is 49.1 Å². The van der Waals surface area contributed by atoms with Gasteiger partial charge in [0.05, 0.1) is 11.1 Å². The summed E-state index contributed by atoms with van der Waals surface area (Å²) in [6.45, 7) is 7.18. The second-order valence-electron chi connectivity index (χ2n) is 8.90. The lowest BCUT2D eigenvalue weighted by atomic mass is 9.62. The Morgan fingerprint density at radius 3 is 2.18 bits per heavy atom. The first-order valence-corrected chi connectivity index (χ1v) is 9.66. The predicted octanol–water partition coefficient (Wildman–Crippen LogP) is 3.22. The second kappa shape index (κ2) is 8.09. The minimum Gasteiger partial charge on any atom is -0.351 e. The Hall–Kier alpha value is -2.76. The van der Waals surface area contributed by atoms with Crippen LogP contribution in [0.3, 0.4) is 0 Å². The maximum Gasteiger partial charge on any atom is 0.253 e. The number of carbonyl (C=O) groups is 2. The number of carbonyl (C=O) groups excluding carboxylic acids is 2. The number of amides is 2. The van der Waals surface area contributed by atoms with Crippen molar-refractivity contribution in [1.29, 1.82) is 0 Å². The van der Waals surface area contributed by atoms with Crippen LogP contribution in [0.2, 0.25) is 0 Å². The minimum atomic E-state index is -0.117. The number of hydrogen-bond donors (Lipinski definition) is 2. The zero-order valence-corrected chi connectivity index (χ0v) is 16.7. The van der Waals surface area contributed by atoms with Gasteiger partial charge < -0.3 is 10.6 Å². The Morgan fingerprint density at radius 2 is 1.61 bits per heavy atom. The Kier molecular flexibility index (Phi) is 5.77. The third kappa shape index (κ3) is 5.15. The molecule has 0 spiro atoms. The predicted molar refractivity (Wildman–Crippen MR) is 108 cm³/mol. The number of hydrogen-bond acceptors (Lipinski definition) is 4. The van der Waals surface area contributed by atoms with Gasteiger partial charge in [0, 0.05) is 37.4 Å². The quantitative estimate of drug-likeness (QED) is 0.834. The van der Waals surface area contributed by atoms with Crippen molar-refractivity contribution in [3.05, 3.63) is 60.2 Å². The average Bonchev–Trinajstić information content (AvgIpc) is 2.66. The van der Waals surface area contributed by atoms with Gasteiger partial charge in [-0.2, -0.15) is 0 Å². The molecule has 2 heterocycles. The van der Waals surface area contributed by atoms with E-state index in [9.17, 15) is 9.59 Å². The highest BCUT2D eigenvalue weighted by Gasteiger charge is 2.41. The summed E-state index contributed by atoms with van der Waals surface area (Å²) in [7, 11) is 0. The number of aromatic nitrogens is 2. The minimum absolute atomic E-state index is 0.0525. The van der Waals surface area contributed by atoms with E-state index in [1.54, 1.807) is 49.1 Å². The molecule has 0 aliphatic heterocycles. The highest BCUT2D eigenvalue weighted by molar-refractivity contribution is 5.94. The topological polar surface area (TPSA) is 84.0 Å². The molecule has 1 fully saturated rings. The zero-order chi connectivity index (χ0) is 20.2. The van der Waals surface area contributed by atoms with Crippen LogP contribution in [0.25, 0.3) is 0 Å². The summed E-state index contributed by atoms with van der Waals surface area (Å²) >= 11 is 0. The molecule has 2 aromatic heterocycles. The van der Waals surface area contributed by atoms with Gasteiger partial charge in [-0.1, -0.05) is 20.8 Å². The highest BCUT2D eigenvalue weighted by atomic mass is 16.2. The van der Waals surface area contributed by atoms with E-state index >= 15 is 0 Å². The molecular formula is C22H28N4O2. The van der Waals surface area contributed by atoms with Gasteiger partial charge in [-0.05, 0) is 54.4 Å². The molecule has 6 nitrogen and oxygen atoms in total. The molecule has 0 radical (unpaired) electrons. The Bertz CT molecular complexity index is 823. The molecule has 2 N–H and O–H groups in total. The lowest BCUT2D eigenvalue weighted by Gasteiger charge is -2.47. The first-order chi connectivity index (χ1) is 13.3. The van der Waals surface area contributed by atoms with Crippen molar-refractivity contribution in [2.75, 3.05) is 6.54 Å². The SMILES string of the molecule is CC1(C)C[C@H](NC(=O)c2cccnc2)C[C@](C)(CNC(=O)c2cccnc2)C1. The molecular weight excluding hydrogens is 352 g/mol. The molecule has 1 aliphatic carbocycles. The number of pyridine rings is 2. The molecule has 2 aromatic rings. The van der Waals surface area contributed by atoms with Crippen LogP contribution < -0.4 is 10.6 Å². The van der Waals surface area contributed by atoms with E-state index in [2.05, 4.69) is 41.4 Å². The van der Waals surface area contributed by atoms with Gasteiger partial charge >= 0.3 is 0 Å². The molecule has 0 aromatic carbocycles. The zero-order valence-electron chi connectivity index (χ0n) is 16.7. The molecule has 2 atom stereocenters. The maximum absolute atomic E-state index is 12.6. The van der Waals surface area contributed by atoms with Crippen LogP contribution in [0, 0.1) is 10.8 Å². The molecule has 1 saturated carbocycles. The third-order valence-corrected chi connectivity index (χ3v) is 5.30. The van der Waals surface area contributed by atoms with E-state index in [1.165, 1.54) is 0 Å². The maximum atomic E-state index is 12.6. The van der Waals surface area contributed by atoms with Crippen LogP contribution in [0.4, 0.5) is 0 Å². The summed E-state index contributed by atoms with van der Waals surface area (Å²) < 4.78 is 0. The Morgan fingerprint density at radius 1 is 1.00 bits per heavy atom. The highest BCUT2D eigenvalue weighted by Crippen LogP contribution is 2.45. The van der Waals surface area contributed by atoms with Crippen molar-refractivity contribution in [2.24, 2.45) is 10.8 Å². The van der Waals surface area contributed by atoms with Crippen molar-refractivity contribution in [3.63, 3.8) is 0 Å². The molecule has 0 saturated heterocycles. The fraction of sp³-hybridized carbons (Fsp3) is 0.455. The van der Waals surface area contributed by atoms with Gasteiger partial charge in [0.25, 0.3) is 11.8 Å². The lowest BCUT2D eigenvalue weighted by Crippen LogP contribution is -2.50. The van der Waals surface area contributed by atoms with E-state index in [-0.39, 0.29) is 28.7 Å². The van der Waals surface area contributed by atoms with Gasteiger partial charge in [-0.3, -0.25) is 19.6 Å². The third-order valence-electron chi connectivity index (χ3n) is 5.30. The lowest BCUT2D eigenvalue weighted by molar-refractivity contribution is 0.0592. The molecule has 6 heteroatoms. The summed E-state index contributed by atoms with van der Waals surface area (Å²) in [5.74, 6) is -0.216. The van der Waals surface area contributed by atoms with Crippen molar-refractivity contribution in [1.82, 2.24) is 20.6 Å². The normalized spacial score (nSPS) is 23.6. The summed E-state index contributed by atoms with van der Waals surface area (Å²) in [4.78, 5) is 33.0. The van der Waals surface area contributed by atoms with E-state index < -0.39 is 0 Å². The largest absolute Gasteiger partial charge is 0.351 e. The summed E-state index contributed by atoms with van der Waals surface area (Å²) in [5.41, 5.74) is 1.09. The Labute approximate surface area is 166 Å². The average molecular weight is 380 g/mol. The van der Waals surface area contributed by atoms with Crippen LogP contribution in [-0.4, -0.2) is 34.4 Å². The number of nitrogens with zero attached hydrogens (tertiary/aromatic N) is 2. The fourth-order valence-electron chi connectivity index (χ4n) is 4.53. The first kappa shape index (κ1) is 20.0. The van der Waals surface area contributed by atoms with E-state index in [0.29, 0.717) is 17.7 Å². The Balaban J connectivity index is 1.65. The fourth-order valence-corrected chi connectivity index (χ4v) is 4.53. The molecule has 2 amide bonds. The van der Waals surface area contributed by atoms with Crippen LogP contribution >= 0.6 is 0 Å². The van der Waals surface area contributed by atoms with Crippen molar-refractivity contribution >= 4 is 11.8 Å². The smallest absolute Gasteiger partial charge is 0.253 e. The van der Waals surface area contributed by atoms with Gasteiger partial charge in [-0.25, -0.2) is 0 Å². The van der Waals surface area contributed by atoms with Crippen LogP contribution in [0.5, 0.6) is 0 Å². The van der Waals surface area contributed by atoms with Gasteiger partial charge in [-0.15, -0.1) is 0 Å². The first-order valence-electron chi connectivity index (χ1n) is 9.66. The molecule has 3 rings (SSSR count). The van der Waals surface area contributed by atoms with Gasteiger partial charge in [0.15, 0.2) is 0 Å². The van der Waals surface area contributed by atoms with Crippen LogP contribution in [-0.2, 0) is 0 Å². The van der Waals surface area contributed by atoms with Gasteiger partial charge in [0.1, 0.15) is 0 Å². The van der Waals surface area contributed by atoms with Gasteiger partial charge in [0.2, 0.25) is 0 Å². The van der Waals surface area contributed by atoms with Crippen LogP contribution in [0.1, 0.15) is 60.7 Å². The van der Waals surface area contributed by atoms with E-state index in [1.807, 2.05) is 0 Å². The van der Waals surface area contributed by atoms with E-state index in [4.69, 9.17) is 0 Å².